The van der Waals surface area contributed by atoms with Crippen molar-refractivity contribution in [3.63, 3.8) is 0 Å². The fourth-order valence-electron chi connectivity index (χ4n) is 3.63. The van der Waals surface area contributed by atoms with E-state index in [1.165, 1.54) is 12.0 Å². The highest BCUT2D eigenvalue weighted by Gasteiger charge is 2.23. The molecule has 0 spiro atoms. The summed E-state index contributed by atoms with van der Waals surface area (Å²) in [4.78, 5) is 14.2. The van der Waals surface area contributed by atoms with Crippen LogP contribution in [0.2, 0.25) is 0 Å². The normalized spacial score (nSPS) is 22.0. The number of ether oxygens (including phenoxy) is 2. The van der Waals surface area contributed by atoms with Crippen molar-refractivity contribution < 1.29 is 14.3 Å². The predicted molar refractivity (Wildman–Crippen MR) is 93.9 cm³/mol. The van der Waals surface area contributed by atoms with Gasteiger partial charge in [0.05, 0.1) is 12.7 Å². The maximum Gasteiger partial charge on any atom is 0.248 e. The number of hydrogen-bond acceptors (Lipinski definition) is 3. The molecule has 2 heterocycles. The molecule has 0 aliphatic carbocycles. The molecule has 3 rings (SSSR count). The fraction of sp³-hybridized carbons (Fsp3) is 0.650. The Balaban J connectivity index is 1.30. The van der Waals surface area contributed by atoms with E-state index in [-0.39, 0.29) is 18.6 Å². The van der Waals surface area contributed by atoms with Gasteiger partial charge in [0.15, 0.2) is 0 Å². The third kappa shape index (κ3) is 5.32. The van der Waals surface area contributed by atoms with Gasteiger partial charge in [-0.05, 0) is 50.0 Å². The second-order valence-corrected chi connectivity index (χ2v) is 7.00. The first kappa shape index (κ1) is 17.4. The molecule has 2 saturated heterocycles. The summed E-state index contributed by atoms with van der Waals surface area (Å²) < 4.78 is 11.1. The SMILES string of the molecule is O=C(COC[C@H]1CCCO1)N1CCC(CCc2ccccc2)CC1. The molecule has 2 aliphatic heterocycles. The van der Waals surface area contributed by atoms with Gasteiger partial charge in [-0.2, -0.15) is 0 Å². The molecule has 0 N–H and O–H groups in total. The van der Waals surface area contributed by atoms with E-state index in [0.717, 1.165) is 57.7 Å². The Labute approximate surface area is 145 Å². The zero-order chi connectivity index (χ0) is 16.6. The summed E-state index contributed by atoms with van der Waals surface area (Å²) in [7, 11) is 0. The number of carbonyl (C=O) groups is 1. The molecule has 0 radical (unpaired) electrons. The van der Waals surface area contributed by atoms with E-state index in [0.29, 0.717) is 6.61 Å². The highest BCUT2D eigenvalue weighted by Crippen LogP contribution is 2.22. The molecule has 132 valence electrons. The van der Waals surface area contributed by atoms with Crippen LogP contribution < -0.4 is 0 Å². The van der Waals surface area contributed by atoms with E-state index < -0.39 is 0 Å². The largest absolute Gasteiger partial charge is 0.376 e. The molecule has 1 atom stereocenters. The number of rotatable bonds is 7. The number of hydrogen-bond donors (Lipinski definition) is 0. The zero-order valence-electron chi connectivity index (χ0n) is 14.5. The molecule has 1 aromatic carbocycles. The summed E-state index contributed by atoms with van der Waals surface area (Å²) >= 11 is 0. The van der Waals surface area contributed by atoms with Crippen molar-refractivity contribution in [1.82, 2.24) is 4.90 Å². The van der Waals surface area contributed by atoms with Gasteiger partial charge in [-0.15, -0.1) is 0 Å². The Bertz CT molecular complexity index is 491. The molecule has 1 aromatic rings. The second kappa shape index (κ2) is 9.19. The van der Waals surface area contributed by atoms with Crippen molar-refractivity contribution in [2.75, 3.05) is 32.9 Å². The summed E-state index contributed by atoms with van der Waals surface area (Å²) in [6, 6.07) is 10.7. The Kier molecular flexibility index (Phi) is 6.67. The van der Waals surface area contributed by atoms with E-state index in [9.17, 15) is 4.79 Å². The summed E-state index contributed by atoms with van der Waals surface area (Å²) in [5.41, 5.74) is 1.42. The fourth-order valence-corrected chi connectivity index (χ4v) is 3.63. The molecular formula is C20H29NO3. The maximum atomic E-state index is 12.2. The molecule has 0 bridgehead atoms. The minimum atomic E-state index is 0.134. The van der Waals surface area contributed by atoms with Crippen molar-refractivity contribution >= 4 is 5.91 Å². The van der Waals surface area contributed by atoms with Gasteiger partial charge in [0.2, 0.25) is 5.91 Å². The lowest BCUT2D eigenvalue weighted by Crippen LogP contribution is -2.40. The maximum absolute atomic E-state index is 12.2. The van der Waals surface area contributed by atoms with Crippen LogP contribution in [0, 0.1) is 5.92 Å². The quantitative estimate of drug-likeness (QED) is 0.771. The van der Waals surface area contributed by atoms with E-state index in [1.54, 1.807) is 0 Å². The summed E-state index contributed by atoms with van der Waals surface area (Å²) in [6.45, 7) is 3.34. The van der Waals surface area contributed by atoms with Crippen molar-refractivity contribution in [3.8, 4) is 0 Å². The number of aryl methyl sites for hydroxylation is 1. The van der Waals surface area contributed by atoms with Crippen LogP contribution in [0.15, 0.2) is 30.3 Å². The minimum Gasteiger partial charge on any atom is -0.376 e. The van der Waals surface area contributed by atoms with Gasteiger partial charge >= 0.3 is 0 Å². The molecule has 4 heteroatoms. The van der Waals surface area contributed by atoms with Crippen LogP contribution in [0.25, 0.3) is 0 Å². The molecule has 24 heavy (non-hydrogen) atoms. The highest BCUT2D eigenvalue weighted by atomic mass is 16.5. The Morgan fingerprint density at radius 2 is 1.96 bits per heavy atom. The molecule has 0 saturated carbocycles. The first-order valence-corrected chi connectivity index (χ1v) is 9.32. The average Bonchev–Trinajstić information content (AvgIpc) is 3.15. The topological polar surface area (TPSA) is 38.8 Å². The lowest BCUT2D eigenvalue weighted by molar-refractivity contribution is -0.138. The zero-order valence-corrected chi connectivity index (χ0v) is 14.5. The monoisotopic (exact) mass is 331 g/mol. The number of carbonyl (C=O) groups excluding carboxylic acids is 1. The van der Waals surface area contributed by atoms with Gasteiger partial charge in [-0.25, -0.2) is 0 Å². The Hall–Kier alpha value is -1.39. The molecule has 0 unspecified atom stereocenters. The van der Waals surface area contributed by atoms with Gasteiger partial charge in [0.25, 0.3) is 0 Å². The molecule has 1 amide bonds. The standard InChI is InChI=1S/C20H29NO3/c22-20(16-23-15-19-7-4-14-24-19)21-12-10-18(11-13-21)9-8-17-5-2-1-3-6-17/h1-3,5-6,18-19H,4,7-16H2/t19-/m1/s1. The number of piperidine rings is 1. The number of benzene rings is 1. The third-order valence-electron chi connectivity index (χ3n) is 5.20. The van der Waals surface area contributed by atoms with Gasteiger partial charge in [-0.1, -0.05) is 30.3 Å². The first-order chi connectivity index (χ1) is 11.8. The van der Waals surface area contributed by atoms with E-state index in [1.807, 2.05) is 4.90 Å². The molecule has 0 aromatic heterocycles. The van der Waals surface area contributed by atoms with Gasteiger partial charge in [0.1, 0.15) is 6.61 Å². The Morgan fingerprint density at radius 1 is 1.17 bits per heavy atom. The molecule has 2 aliphatic rings. The molecule has 4 nitrogen and oxygen atoms in total. The van der Waals surface area contributed by atoms with Crippen LogP contribution >= 0.6 is 0 Å². The van der Waals surface area contributed by atoms with Gasteiger partial charge in [-0.3, -0.25) is 4.79 Å². The van der Waals surface area contributed by atoms with E-state index in [2.05, 4.69) is 30.3 Å². The smallest absolute Gasteiger partial charge is 0.248 e. The van der Waals surface area contributed by atoms with Crippen molar-refractivity contribution in [2.45, 2.75) is 44.6 Å². The molecule has 2 fully saturated rings. The lowest BCUT2D eigenvalue weighted by atomic mass is 9.90. The number of likely N-dealkylation sites (tertiary alicyclic amines) is 1. The average molecular weight is 331 g/mol. The number of amides is 1. The number of nitrogens with zero attached hydrogens (tertiary/aromatic N) is 1. The highest BCUT2D eigenvalue weighted by molar-refractivity contribution is 5.77. The molecular weight excluding hydrogens is 302 g/mol. The van der Waals surface area contributed by atoms with Crippen molar-refractivity contribution in [2.24, 2.45) is 5.92 Å². The summed E-state index contributed by atoms with van der Waals surface area (Å²) in [5, 5.41) is 0. The first-order valence-electron chi connectivity index (χ1n) is 9.32. The third-order valence-corrected chi connectivity index (χ3v) is 5.20. The minimum absolute atomic E-state index is 0.134. The second-order valence-electron chi connectivity index (χ2n) is 7.00. The van der Waals surface area contributed by atoms with Crippen LogP contribution in [-0.4, -0.2) is 49.8 Å². The lowest BCUT2D eigenvalue weighted by Gasteiger charge is -2.32. The van der Waals surface area contributed by atoms with E-state index >= 15 is 0 Å². The van der Waals surface area contributed by atoms with Crippen LogP contribution in [-0.2, 0) is 20.7 Å². The van der Waals surface area contributed by atoms with E-state index in [4.69, 9.17) is 9.47 Å². The van der Waals surface area contributed by atoms with Crippen molar-refractivity contribution in [1.29, 1.82) is 0 Å². The van der Waals surface area contributed by atoms with Crippen LogP contribution in [0.1, 0.15) is 37.7 Å². The van der Waals surface area contributed by atoms with Crippen LogP contribution in [0.5, 0.6) is 0 Å². The van der Waals surface area contributed by atoms with Crippen LogP contribution in [0.3, 0.4) is 0 Å². The Morgan fingerprint density at radius 3 is 2.67 bits per heavy atom. The van der Waals surface area contributed by atoms with Gasteiger partial charge < -0.3 is 14.4 Å². The summed E-state index contributed by atoms with van der Waals surface area (Å²) in [5.74, 6) is 0.872. The van der Waals surface area contributed by atoms with Gasteiger partial charge in [0, 0.05) is 19.7 Å². The van der Waals surface area contributed by atoms with Crippen LogP contribution in [0.4, 0.5) is 0 Å². The predicted octanol–water partition coefficient (Wildman–Crippen LogP) is 3.05. The van der Waals surface area contributed by atoms with Crippen molar-refractivity contribution in [3.05, 3.63) is 35.9 Å². The summed E-state index contributed by atoms with van der Waals surface area (Å²) in [6.07, 6.45) is 6.96.